The van der Waals surface area contributed by atoms with Crippen molar-refractivity contribution in [3.05, 3.63) is 84.4 Å². The number of methoxy groups -OCH3 is 1. The van der Waals surface area contributed by atoms with Crippen molar-refractivity contribution in [1.29, 1.82) is 0 Å². The quantitative estimate of drug-likeness (QED) is 0.518. The zero-order valence-corrected chi connectivity index (χ0v) is 20.2. The molecule has 1 aliphatic heterocycles. The minimum absolute atomic E-state index is 0.159. The van der Waals surface area contributed by atoms with Gasteiger partial charge in [0.05, 0.1) is 23.4 Å². The van der Waals surface area contributed by atoms with Crippen LogP contribution in [0.2, 0.25) is 0 Å². The summed E-state index contributed by atoms with van der Waals surface area (Å²) >= 11 is 0. The van der Waals surface area contributed by atoms with Gasteiger partial charge >= 0.3 is 0 Å². The van der Waals surface area contributed by atoms with Crippen molar-refractivity contribution in [2.24, 2.45) is 0 Å². The van der Waals surface area contributed by atoms with Crippen LogP contribution in [0.5, 0.6) is 5.75 Å². The number of sulfonamides is 1. The van der Waals surface area contributed by atoms with Gasteiger partial charge < -0.3 is 14.5 Å². The molecule has 8 heteroatoms. The molecule has 0 radical (unpaired) electrons. The molecule has 1 heterocycles. The van der Waals surface area contributed by atoms with Gasteiger partial charge in [-0.1, -0.05) is 48.5 Å². The lowest BCUT2D eigenvalue weighted by atomic mass is 10.2. The Labute approximate surface area is 201 Å². The number of piperazine rings is 1. The van der Waals surface area contributed by atoms with Gasteiger partial charge in [-0.3, -0.25) is 9.10 Å². The first kappa shape index (κ1) is 23.6. The van der Waals surface area contributed by atoms with Crippen molar-refractivity contribution in [3.63, 3.8) is 0 Å². The molecule has 0 atom stereocenters. The SMILES string of the molecule is COc1ccccc1N1CCN(C(=O)CN(c2ccccc2C)S(=O)(=O)c2ccccc2)CC1. The second-order valence-electron chi connectivity index (χ2n) is 8.15. The Morgan fingerprint density at radius 1 is 0.882 bits per heavy atom. The molecule has 0 N–H and O–H groups in total. The van der Waals surface area contributed by atoms with E-state index in [9.17, 15) is 13.2 Å². The normalized spacial score (nSPS) is 14.1. The van der Waals surface area contributed by atoms with Crippen LogP contribution in [-0.2, 0) is 14.8 Å². The standard InChI is InChI=1S/C26H29N3O4S/c1-21-10-6-7-13-23(21)29(34(31,32)22-11-4-3-5-12-22)20-26(30)28-18-16-27(17-19-28)24-14-8-9-15-25(24)33-2/h3-15H,16-20H2,1-2H3. The van der Waals surface area contributed by atoms with Gasteiger partial charge in [0.2, 0.25) is 5.91 Å². The van der Waals surface area contributed by atoms with Crippen LogP contribution in [0.3, 0.4) is 0 Å². The molecule has 7 nitrogen and oxygen atoms in total. The largest absolute Gasteiger partial charge is 0.495 e. The number of rotatable bonds is 7. The number of nitrogens with zero attached hydrogens (tertiary/aromatic N) is 3. The third-order valence-electron chi connectivity index (χ3n) is 6.05. The van der Waals surface area contributed by atoms with Gasteiger partial charge in [0.25, 0.3) is 10.0 Å². The molecule has 1 saturated heterocycles. The highest BCUT2D eigenvalue weighted by molar-refractivity contribution is 7.92. The maximum atomic E-state index is 13.5. The lowest BCUT2D eigenvalue weighted by molar-refractivity contribution is -0.129. The van der Waals surface area contributed by atoms with E-state index in [0.717, 1.165) is 17.0 Å². The van der Waals surface area contributed by atoms with E-state index in [1.54, 1.807) is 54.5 Å². The number of carbonyl (C=O) groups excluding carboxylic acids is 1. The zero-order valence-electron chi connectivity index (χ0n) is 19.4. The van der Waals surface area contributed by atoms with Crippen LogP contribution in [0.1, 0.15) is 5.56 Å². The van der Waals surface area contributed by atoms with Crippen LogP contribution < -0.4 is 13.9 Å². The zero-order chi connectivity index (χ0) is 24.1. The van der Waals surface area contributed by atoms with E-state index in [1.165, 1.54) is 4.31 Å². The summed E-state index contributed by atoms with van der Waals surface area (Å²) in [4.78, 5) is 17.4. The number of hydrogen-bond donors (Lipinski definition) is 0. The number of para-hydroxylation sites is 3. The van der Waals surface area contributed by atoms with Gasteiger partial charge in [-0.2, -0.15) is 0 Å². The molecule has 178 valence electrons. The maximum Gasteiger partial charge on any atom is 0.264 e. The van der Waals surface area contributed by atoms with Crippen LogP contribution in [0.25, 0.3) is 0 Å². The molecule has 1 fully saturated rings. The highest BCUT2D eigenvalue weighted by Crippen LogP contribution is 2.29. The second-order valence-corrected chi connectivity index (χ2v) is 10.0. The molecule has 0 saturated carbocycles. The van der Waals surface area contributed by atoms with Crippen LogP contribution >= 0.6 is 0 Å². The number of anilines is 2. The molecule has 3 aromatic rings. The fraction of sp³-hybridized carbons (Fsp3) is 0.269. The second kappa shape index (κ2) is 10.2. The van der Waals surface area contributed by atoms with Gasteiger partial charge in [-0.05, 0) is 42.8 Å². The summed E-state index contributed by atoms with van der Waals surface area (Å²) in [6.07, 6.45) is 0. The smallest absolute Gasteiger partial charge is 0.264 e. The average molecular weight is 480 g/mol. The lowest BCUT2D eigenvalue weighted by Gasteiger charge is -2.37. The Balaban J connectivity index is 1.54. The molecular formula is C26H29N3O4S. The third kappa shape index (κ3) is 4.87. The van der Waals surface area contributed by atoms with E-state index < -0.39 is 10.0 Å². The van der Waals surface area contributed by atoms with Crippen molar-refractivity contribution in [1.82, 2.24) is 4.90 Å². The minimum Gasteiger partial charge on any atom is -0.495 e. The highest BCUT2D eigenvalue weighted by Gasteiger charge is 2.31. The Hall–Kier alpha value is -3.52. The van der Waals surface area contributed by atoms with Gasteiger partial charge in [-0.25, -0.2) is 8.42 Å². The number of amides is 1. The number of benzene rings is 3. The molecule has 4 rings (SSSR count). The van der Waals surface area contributed by atoms with Crippen molar-refractivity contribution >= 4 is 27.3 Å². The third-order valence-corrected chi connectivity index (χ3v) is 7.83. The molecule has 0 aliphatic carbocycles. The van der Waals surface area contributed by atoms with E-state index in [2.05, 4.69) is 4.90 Å². The number of carbonyl (C=O) groups is 1. The van der Waals surface area contributed by atoms with E-state index in [-0.39, 0.29) is 17.3 Å². The first-order chi connectivity index (χ1) is 16.4. The van der Waals surface area contributed by atoms with Crippen molar-refractivity contribution in [2.45, 2.75) is 11.8 Å². The summed E-state index contributed by atoms with van der Waals surface area (Å²) in [7, 11) is -2.27. The molecule has 0 bridgehead atoms. The summed E-state index contributed by atoms with van der Waals surface area (Å²) < 4.78 is 33.8. The van der Waals surface area contributed by atoms with Gasteiger partial charge in [0.1, 0.15) is 12.3 Å². The minimum atomic E-state index is -3.91. The first-order valence-corrected chi connectivity index (χ1v) is 12.6. The lowest BCUT2D eigenvalue weighted by Crippen LogP contribution is -2.52. The predicted octanol–water partition coefficient (Wildman–Crippen LogP) is 3.55. The van der Waals surface area contributed by atoms with E-state index in [4.69, 9.17) is 4.74 Å². The number of aryl methyl sites for hydroxylation is 1. The molecule has 1 amide bonds. The Kier molecular flexibility index (Phi) is 7.07. The summed E-state index contributed by atoms with van der Waals surface area (Å²) in [6.45, 7) is 3.88. The van der Waals surface area contributed by atoms with Gasteiger partial charge in [0.15, 0.2) is 0 Å². The summed E-state index contributed by atoms with van der Waals surface area (Å²) in [6, 6.07) is 23.3. The monoisotopic (exact) mass is 479 g/mol. The molecule has 0 aromatic heterocycles. The van der Waals surface area contributed by atoms with Crippen LogP contribution in [0.15, 0.2) is 83.8 Å². The Bertz CT molecular complexity index is 1240. The van der Waals surface area contributed by atoms with E-state index in [1.807, 2.05) is 43.3 Å². The Morgan fingerprint density at radius 2 is 1.50 bits per heavy atom. The van der Waals surface area contributed by atoms with Crippen LogP contribution in [-0.4, -0.2) is 59.1 Å². The maximum absolute atomic E-state index is 13.5. The molecule has 1 aliphatic rings. The molecule has 0 unspecified atom stereocenters. The van der Waals surface area contributed by atoms with Gasteiger partial charge in [0, 0.05) is 26.2 Å². The summed E-state index contributed by atoms with van der Waals surface area (Å²) in [5.74, 6) is 0.574. The Morgan fingerprint density at radius 3 is 2.18 bits per heavy atom. The van der Waals surface area contributed by atoms with Crippen LogP contribution in [0.4, 0.5) is 11.4 Å². The fourth-order valence-electron chi connectivity index (χ4n) is 4.17. The molecular weight excluding hydrogens is 450 g/mol. The topological polar surface area (TPSA) is 70.2 Å². The molecule has 34 heavy (non-hydrogen) atoms. The van der Waals surface area contributed by atoms with Gasteiger partial charge in [-0.15, -0.1) is 0 Å². The molecule has 3 aromatic carbocycles. The van der Waals surface area contributed by atoms with E-state index in [0.29, 0.717) is 31.9 Å². The average Bonchev–Trinajstić information content (AvgIpc) is 2.88. The summed E-state index contributed by atoms with van der Waals surface area (Å²) in [5, 5.41) is 0. The van der Waals surface area contributed by atoms with Crippen molar-refractivity contribution < 1.29 is 17.9 Å². The fourth-order valence-corrected chi connectivity index (χ4v) is 5.67. The van der Waals surface area contributed by atoms with E-state index >= 15 is 0 Å². The first-order valence-electron chi connectivity index (χ1n) is 11.2. The van der Waals surface area contributed by atoms with Crippen LogP contribution in [0, 0.1) is 6.92 Å². The predicted molar refractivity (Wildman–Crippen MR) is 134 cm³/mol. The number of hydrogen-bond acceptors (Lipinski definition) is 5. The molecule has 0 spiro atoms. The van der Waals surface area contributed by atoms with Crippen molar-refractivity contribution in [2.75, 3.05) is 49.0 Å². The highest BCUT2D eigenvalue weighted by atomic mass is 32.2. The van der Waals surface area contributed by atoms with Crippen molar-refractivity contribution in [3.8, 4) is 5.75 Å². The summed E-state index contributed by atoms with van der Waals surface area (Å²) in [5.41, 5.74) is 2.29. The number of ether oxygens (including phenoxy) is 1.